The Hall–Kier alpha value is -3.11. The number of rotatable bonds is 6. The summed E-state index contributed by atoms with van der Waals surface area (Å²) in [7, 11) is 1.54. The van der Waals surface area contributed by atoms with Gasteiger partial charge < -0.3 is 15.4 Å². The summed E-state index contributed by atoms with van der Waals surface area (Å²) >= 11 is 6.12. The topological polar surface area (TPSA) is 104 Å². The molecule has 0 aliphatic heterocycles. The van der Waals surface area contributed by atoms with E-state index in [0.717, 1.165) is 0 Å². The summed E-state index contributed by atoms with van der Waals surface area (Å²) in [4.78, 5) is 28.6. The molecule has 27 heavy (non-hydrogen) atoms. The molecule has 1 aliphatic rings. The summed E-state index contributed by atoms with van der Waals surface area (Å²) in [5.74, 6) is -0.129. The van der Waals surface area contributed by atoms with Gasteiger partial charge in [-0.25, -0.2) is 0 Å². The maximum atomic E-state index is 12.3. The van der Waals surface area contributed by atoms with E-state index in [2.05, 4.69) is 21.7 Å². The molecule has 0 unspecified atom stereocenters. The van der Waals surface area contributed by atoms with Crippen molar-refractivity contribution in [3.8, 4) is 11.8 Å². The molecule has 1 saturated carbocycles. The number of aromatic nitrogens is 1. The number of nitrogens with one attached hydrogen (secondary N) is 2. The van der Waals surface area contributed by atoms with E-state index in [1.165, 1.54) is 19.4 Å². The summed E-state index contributed by atoms with van der Waals surface area (Å²) < 4.78 is 5.14. The molecular formula is C19H17ClN4O3. The molecule has 3 rings (SSSR count). The van der Waals surface area contributed by atoms with Gasteiger partial charge in [-0.2, -0.15) is 5.26 Å². The van der Waals surface area contributed by atoms with Crippen molar-refractivity contribution >= 4 is 29.1 Å². The maximum Gasteiger partial charge on any atom is 0.271 e. The molecule has 0 bridgehead atoms. The van der Waals surface area contributed by atoms with Crippen molar-refractivity contribution in [2.24, 2.45) is 0 Å². The number of nitriles is 1. The van der Waals surface area contributed by atoms with E-state index >= 15 is 0 Å². The summed E-state index contributed by atoms with van der Waals surface area (Å²) in [5.41, 5.74) is 0.418. The number of hydrogen-bond donors (Lipinski definition) is 2. The number of ether oxygens (including phenoxy) is 1. The van der Waals surface area contributed by atoms with Gasteiger partial charge in [0.15, 0.2) is 0 Å². The van der Waals surface area contributed by atoms with Gasteiger partial charge in [-0.15, -0.1) is 0 Å². The first kappa shape index (κ1) is 18.7. The van der Waals surface area contributed by atoms with Gasteiger partial charge in [0.2, 0.25) is 5.91 Å². The molecular weight excluding hydrogens is 368 g/mol. The fourth-order valence-electron chi connectivity index (χ4n) is 2.50. The van der Waals surface area contributed by atoms with Crippen LogP contribution >= 0.6 is 11.6 Å². The van der Waals surface area contributed by atoms with Crippen LogP contribution in [-0.2, 0) is 11.2 Å². The normalized spacial score (nSPS) is 14.0. The first-order chi connectivity index (χ1) is 12.9. The number of carbonyl (C=O) groups excluding carboxylic acids is 2. The highest BCUT2D eigenvalue weighted by Gasteiger charge is 2.44. The molecule has 2 aromatic rings. The van der Waals surface area contributed by atoms with Crippen LogP contribution in [0.2, 0.25) is 5.02 Å². The lowest BCUT2D eigenvalue weighted by atomic mass is 10.1. The van der Waals surface area contributed by atoms with Crippen molar-refractivity contribution < 1.29 is 14.3 Å². The van der Waals surface area contributed by atoms with E-state index in [1.54, 1.807) is 24.3 Å². The van der Waals surface area contributed by atoms with Gasteiger partial charge in [-0.05, 0) is 48.7 Å². The van der Waals surface area contributed by atoms with Gasteiger partial charge in [0.25, 0.3) is 5.91 Å². The van der Waals surface area contributed by atoms with Crippen LogP contribution in [-0.4, -0.2) is 29.4 Å². The van der Waals surface area contributed by atoms with E-state index in [4.69, 9.17) is 21.6 Å². The fraction of sp³-hybridized carbons (Fsp3) is 0.263. The van der Waals surface area contributed by atoms with E-state index in [9.17, 15) is 9.59 Å². The Kier molecular flexibility index (Phi) is 5.28. The molecule has 1 aromatic carbocycles. The molecule has 1 fully saturated rings. The number of amides is 2. The zero-order valence-electron chi connectivity index (χ0n) is 14.6. The SMILES string of the molecule is COc1ccc(Cl)c(CC(=O)Nc2ccnc(C(=O)NC3(C#N)CC3)c2)c1. The molecule has 2 amide bonds. The molecule has 2 N–H and O–H groups in total. The number of halogens is 1. The van der Waals surface area contributed by atoms with E-state index in [0.29, 0.717) is 34.9 Å². The molecule has 0 saturated heterocycles. The van der Waals surface area contributed by atoms with Crippen molar-refractivity contribution in [1.82, 2.24) is 10.3 Å². The van der Waals surface area contributed by atoms with Crippen LogP contribution in [0.4, 0.5) is 5.69 Å². The number of pyridine rings is 1. The summed E-state index contributed by atoms with van der Waals surface area (Å²) in [6.07, 6.45) is 2.74. The molecule has 0 atom stereocenters. The van der Waals surface area contributed by atoms with Crippen LogP contribution in [0.1, 0.15) is 28.9 Å². The highest BCUT2D eigenvalue weighted by molar-refractivity contribution is 6.31. The van der Waals surface area contributed by atoms with Gasteiger partial charge >= 0.3 is 0 Å². The highest BCUT2D eigenvalue weighted by atomic mass is 35.5. The standard InChI is InChI=1S/C19H17ClN4O3/c1-27-14-2-3-15(20)12(8-14)9-17(25)23-13-4-7-22-16(10-13)18(26)24-19(11-21)5-6-19/h2-4,7-8,10H,5-6,9H2,1H3,(H,24,26)(H,22,23,25). The van der Waals surface area contributed by atoms with Crippen LogP contribution in [0, 0.1) is 11.3 Å². The smallest absolute Gasteiger partial charge is 0.271 e. The third-order valence-electron chi connectivity index (χ3n) is 4.20. The third-order valence-corrected chi connectivity index (χ3v) is 4.57. The molecule has 0 radical (unpaired) electrons. The lowest BCUT2D eigenvalue weighted by Crippen LogP contribution is -2.36. The van der Waals surface area contributed by atoms with E-state index < -0.39 is 11.4 Å². The van der Waals surface area contributed by atoms with Crippen molar-refractivity contribution in [3.05, 3.63) is 52.8 Å². The van der Waals surface area contributed by atoms with Crippen molar-refractivity contribution in [2.45, 2.75) is 24.8 Å². The number of hydrogen-bond acceptors (Lipinski definition) is 5. The van der Waals surface area contributed by atoms with Gasteiger partial charge in [-0.3, -0.25) is 14.6 Å². The molecule has 0 spiro atoms. The Bertz CT molecular complexity index is 935. The van der Waals surface area contributed by atoms with Crippen molar-refractivity contribution in [3.63, 3.8) is 0 Å². The number of nitrogens with zero attached hydrogens (tertiary/aromatic N) is 2. The van der Waals surface area contributed by atoms with Crippen LogP contribution in [0.5, 0.6) is 5.75 Å². The van der Waals surface area contributed by atoms with E-state index in [1.807, 2.05) is 0 Å². The number of benzene rings is 1. The zero-order valence-corrected chi connectivity index (χ0v) is 15.3. The first-order valence-corrected chi connectivity index (χ1v) is 8.64. The number of anilines is 1. The first-order valence-electron chi connectivity index (χ1n) is 8.27. The van der Waals surface area contributed by atoms with E-state index in [-0.39, 0.29) is 18.0 Å². The second kappa shape index (κ2) is 7.64. The Morgan fingerprint density at radius 1 is 1.33 bits per heavy atom. The zero-order chi connectivity index (χ0) is 19.4. The molecule has 138 valence electrons. The second-order valence-electron chi connectivity index (χ2n) is 6.26. The molecule has 8 heteroatoms. The Labute approximate surface area is 161 Å². The van der Waals surface area contributed by atoms with Gasteiger partial charge in [0, 0.05) is 16.9 Å². The second-order valence-corrected chi connectivity index (χ2v) is 6.67. The minimum Gasteiger partial charge on any atom is -0.497 e. The van der Waals surface area contributed by atoms with Crippen LogP contribution in [0.3, 0.4) is 0 Å². The van der Waals surface area contributed by atoms with Crippen molar-refractivity contribution in [1.29, 1.82) is 5.26 Å². The van der Waals surface area contributed by atoms with Gasteiger partial charge in [0.1, 0.15) is 17.0 Å². The van der Waals surface area contributed by atoms with Gasteiger partial charge in [0.05, 0.1) is 19.6 Å². The Morgan fingerprint density at radius 3 is 2.78 bits per heavy atom. The maximum absolute atomic E-state index is 12.3. The number of methoxy groups -OCH3 is 1. The average Bonchev–Trinajstić information content (AvgIpc) is 3.43. The summed E-state index contributed by atoms with van der Waals surface area (Å²) in [6, 6.07) is 10.2. The lowest BCUT2D eigenvalue weighted by Gasteiger charge is -2.11. The average molecular weight is 385 g/mol. The Balaban J connectivity index is 1.66. The predicted molar refractivity (Wildman–Crippen MR) is 99.6 cm³/mol. The summed E-state index contributed by atoms with van der Waals surface area (Å²) in [6.45, 7) is 0. The molecule has 1 aliphatic carbocycles. The van der Waals surface area contributed by atoms with Crippen LogP contribution in [0.15, 0.2) is 36.5 Å². The Morgan fingerprint density at radius 2 is 2.11 bits per heavy atom. The van der Waals surface area contributed by atoms with Crippen LogP contribution < -0.4 is 15.4 Å². The lowest BCUT2D eigenvalue weighted by molar-refractivity contribution is -0.115. The summed E-state index contributed by atoms with van der Waals surface area (Å²) in [5, 5.41) is 14.9. The largest absolute Gasteiger partial charge is 0.497 e. The monoisotopic (exact) mass is 384 g/mol. The minimum atomic E-state index is -0.777. The highest BCUT2D eigenvalue weighted by Crippen LogP contribution is 2.34. The van der Waals surface area contributed by atoms with Crippen molar-refractivity contribution in [2.75, 3.05) is 12.4 Å². The molecule has 1 heterocycles. The quantitative estimate of drug-likeness (QED) is 0.796. The van der Waals surface area contributed by atoms with Gasteiger partial charge in [-0.1, -0.05) is 11.6 Å². The molecule has 7 nitrogen and oxygen atoms in total. The fourth-order valence-corrected chi connectivity index (χ4v) is 2.68. The minimum absolute atomic E-state index is 0.0530. The number of carbonyl (C=O) groups is 2. The van der Waals surface area contributed by atoms with Crippen LogP contribution in [0.25, 0.3) is 0 Å². The third kappa shape index (κ3) is 4.54. The molecule has 1 aromatic heterocycles. The predicted octanol–water partition coefficient (Wildman–Crippen LogP) is 2.71.